The fourth-order valence-electron chi connectivity index (χ4n) is 8.91. The fraction of sp³-hybridized carbons (Fsp3) is 0.0577. The second kappa shape index (κ2) is 12.4. The maximum absolute atomic E-state index is 5.36. The molecule has 0 radical (unpaired) electrons. The third-order valence-electron chi connectivity index (χ3n) is 11.6. The molecule has 0 N–H and O–H groups in total. The van der Waals surface area contributed by atoms with Gasteiger partial charge < -0.3 is 4.57 Å². The Kier molecular flexibility index (Phi) is 7.17. The first-order valence-electron chi connectivity index (χ1n) is 19.2. The zero-order valence-corrected chi connectivity index (χ0v) is 31.1. The molecule has 56 heavy (non-hydrogen) atoms. The lowest BCUT2D eigenvalue weighted by molar-refractivity contribution is 0.660. The van der Waals surface area contributed by atoms with Crippen molar-refractivity contribution in [2.24, 2.45) is 0 Å². The Bertz CT molecular complexity index is 3160. The van der Waals surface area contributed by atoms with Crippen LogP contribution in [-0.4, -0.2) is 19.5 Å². The van der Waals surface area contributed by atoms with Crippen molar-refractivity contribution < 1.29 is 0 Å². The van der Waals surface area contributed by atoms with Crippen molar-refractivity contribution in [3.63, 3.8) is 0 Å². The SMILES string of the molecule is CC1(C)c2ccccc2-c2c(-c3nc(-c4ccccc4)nc(-c4ccc(-c5ccccc5)c(-n5c6ccccc6c6cc7ccccc7cc65)c4)n3)cccc21. The molecule has 0 amide bonds. The van der Waals surface area contributed by atoms with Crippen LogP contribution in [0.2, 0.25) is 0 Å². The summed E-state index contributed by atoms with van der Waals surface area (Å²) < 4.78 is 2.42. The number of rotatable bonds is 5. The predicted octanol–water partition coefficient (Wildman–Crippen LogP) is 13.1. The first-order chi connectivity index (χ1) is 27.5. The van der Waals surface area contributed by atoms with Crippen molar-refractivity contribution in [2.45, 2.75) is 19.3 Å². The highest BCUT2D eigenvalue weighted by atomic mass is 15.0. The number of aromatic nitrogens is 4. The third-order valence-corrected chi connectivity index (χ3v) is 11.6. The highest BCUT2D eigenvalue weighted by Gasteiger charge is 2.37. The summed E-state index contributed by atoms with van der Waals surface area (Å²) in [5, 5.41) is 4.87. The molecule has 0 aliphatic heterocycles. The zero-order valence-electron chi connectivity index (χ0n) is 31.1. The molecule has 8 aromatic carbocycles. The molecule has 2 aromatic heterocycles. The number of hydrogen-bond donors (Lipinski definition) is 0. The Hall–Kier alpha value is -7.17. The van der Waals surface area contributed by atoms with Gasteiger partial charge in [0.15, 0.2) is 17.5 Å². The van der Waals surface area contributed by atoms with Gasteiger partial charge in [0.25, 0.3) is 0 Å². The van der Waals surface area contributed by atoms with E-state index < -0.39 is 0 Å². The summed E-state index contributed by atoms with van der Waals surface area (Å²) in [5.74, 6) is 1.94. The van der Waals surface area contributed by atoms with Crippen LogP contribution in [0.15, 0.2) is 182 Å². The van der Waals surface area contributed by atoms with Crippen LogP contribution in [0.5, 0.6) is 0 Å². The maximum atomic E-state index is 5.36. The van der Waals surface area contributed by atoms with Gasteiger partial charge in [0, 0.05) is 38.4 Å². The lowest BCUT2D eigenvalue weighted by Gasteiger charge is -2.21. The molecule has 0 spiro atoms. The lowest BCUT2D eigenvalue weighted by Crippen LogP contribution is -2.14. The van der Waals surface area contributed by atoms with Crippen LogP contribution in [0.25, 0.3) is 94.7 Å². The van der Waals surface area contributed by atoms with Crippen LogP contribution in [0.1, 0.15) is 25.0 Å². The monoisotopic (exact) mass is 716 g/mol. The number of para-hydroxylation sites is 1. The van der Waals surface area contributed by atoms with Crippen molar-refractivity contribution in [3.8, 4) is 62.1 Å². The van der Waals surface area contributed by atoms with E-state index in [0.717, 1.165) is 44.5 Å². The van der Waals surface area contributed by atoms with E-state index >= 15 is 0 Å². The molecule has 0 saturated carbocycles. The maximum Gasteiger partial charge on any atom is 0.164 e. The van der Waals surface area contributed by atoms with Gasteiger partial charge in [-0.25, -0.2) is 15.0 Å². The van der Waals surface area contributed by atoms with E-state index in [1.165, 1.54) is 43.8 Å². The molecule has 4 heteroatoms. The van der Waals surface area contributed by atoms with Gasteiger partial charge >= 0.3 is 0 Å². The minimum atomic E-state index is -0.143. The van der Waals surface area contributed by atoms with E-state index in [4.69, 9.17) is 15.0 Å². The molecular weight excluding hydrogens is 681 g/mol. The smallest absolute Gasteiger partial charge is 0.164 e. The van der Waals surface area contributed by atoms with E-state index in [1.807, 2.05) is 18.2 Å². The second-order valence-electron chi connectivity index (χ2n) is 15.2. The molecule has 0 saturated heterocycles. The van der Waals surface area contributed by atoms with Gasteiger partial charge in [0.2, 0.25) is 0 Å². The lowest BCUT2D eigenvalue weighted by atomic mass is 9.82. The van der Waals surface area contributed by atoms with Crippen molar-refractivity contribution >= 4 is 32.6 Å². The largest absolute Gasteiger partial charge is 0.309 e. The third kappa shape index (κ3) is 4.96. The van der Waals surface area contributed by atoms with E-state index in [9.17, 15) is 0 Å². The Balaban J connectivity index is 1.19. The van der Waals surface area contributed by atoms with Crippen molar-refractivity contribution in [2.75, 3.05) is 0 Å². The number of fused-ring (bicyclic) bond motifs is 7. The molecule has 0 fully saturated rings. The highest BCUT2D eigenvalue weighted by molar-refractivity contribution is 6.14. The number of hydrogen-bond acceptors (Lipinski definition) is 3. The molecule has 11 rings (SSSR count). The first kappa shape index (κ1) is 32.3. The average molecular weight is 717 g/mol. The Morgan fingerprint density at radius 2 is 1.00 bits per heavy atom. The second-order valence-corrected chi connectivity index (χ2v) is 15.2. The van der Waals surface area contributed by atoms with E-state index in [2.05, 4.69) is 182 Å². The van der Waals surface area contributed by atoms with Gasteiger partial charge in [-0.2, -0.15) is 0 Å². The summed E-state index contributed by atoms with van der Waals surface area (Å²) >= 11 is 0. The van der Waals surface area contributed by atoms with Crippen LogP contribution in [0, 0.1) is 0 Å². The molecule has 0 unspecified atom stereocenters. The molecule has 1 aliphatic rings. The van der Waals surface area contributed by atoms with Gasteiger partial charge in [-0.15, -0.1) is 0 Å². The van der Waals surface area contributed by atoms with E-state index in [1.54, 1.807) is 0 Å². The Labute approximate surface area is 325 Å². The van der Waals surface area contributed by atoms with Gasteiger partial charge in [-0.1, -0.05) is 172 Å². The molecule has 4 nitrogen and oxygen atoms in total. The first-order valence-corrected chi connectivity index (χ1v) is 19.2. The summed E-state index contributed by atoms with van der Waals surface area (Å²) in [4.78, 5) is 15.8. The topological polar surface area (TPSA) is 43.6 Å². The summed E-state index contributed by atoms with van der Waals surface area (Å²) in [5.41, 5.74) is 13.4. The van der Waals surface area contributed by atoms with Crippen molar-refractivity contribution in [1.82, 2.24) is 19.5 Å². The molecule has 1 aliphatic carbocycles. The molecule has 0 bridgehead atoms. The molecular formula is C52H36N4. The van der Waals surface area contributed by atoms with Crippen LogP contribution >= 0.6 is 0 Å². The van der Waals surface area contributed by atoms with Gasteiger partial charge in [0.05, 0.1) is 16.7 Å². The average Bonchev–Trinajstić information content (AvgIpc) is 3.70. The molecule has 2 heterocycles. The summed E-state index contributed by atoms with van der Waals surface area (Å²) in [6.07, 6.45) is 0. The predicted molar refractivity (Wildman–Crippen MR) is 231 cm³/mol. The Morgan fingerprint density at radius 1 is 0.393 bits per heavy atom. The highest BCUT2D eigenvalue weighted by Crippen LogP contribution is 2.51. The minimum Gasteiger partial charge on any atom is -0.309 e. The molecule has 264 valence electrons. The van der Waals surface area contributed by atoms with Crippen LogP contribution in [0.4, 0.5) is 0 Å². The summed E-state index contributed by atoms with van der Waals surface area (Å²) in [6.45, 7) is 4.62. The van der Waals surface area contributed by atoms with Gasteiger partial charge in [-0.3, -0.25) is 0 Å². The zero-order chi connectivity index (χ0) is 37.4. The molecule has 0 atom stereocenters. The van der Waals surface area contributed by atoms with E-state index in [0.29, 0.717) is 17.5 Å². The Morgan fingerprint density at radius 3 is 1.80 bits per heavy atom. The van der Waals surface area contributed by atoms with E-state index in [-0.39, 0.29) is 5.41 Å². The number of benzene rings is 8. The van der Waals surface area contributed by atoms with Crippen LogP contribution in [-0.2, 0) is 5.41 Å². The minimum absolute atomic E-state index is 0.143. The van der Waals surface area contributed by atoms with Crippen LogP contribution in [0.3, 0.4) is 0 Å². The van der Waals surface area contributed by atoms with Gasteiger partial charge in [0.1, 0.15) is 0 Å². The quantitative estimate of drug-likeness (QED) is 0.178. The van der Waals surface area contributed by atoms with Crippen LogP contribution < -0.4 is 0 Å². The standard InChI is InChI=1S/C52H36N4/c1-52(2)43-25-13-11-23-40(43)48-41(24-15-26-44(48)52)51-54-49(34-18-7-4-8-19-34)53-50(55-51)37-28-29-38(33-16-5-3-6-17-33)46(32-37)56-45-27-14-12-22-39(45)42-30-35-20-9-10-21-36(35)31-47(42)56/h3-32H,1-2H3. The summed E-state index contributed by atoms with van der Waals surface area (Å²) in [7, 11) is 0. The molecule has 10 aromatic rings. The van der Waals surface area contributed by atoms with Crippen molar-refractivity contribution in [3.05, 3.63) is 193 Å². The fourth-order valence-corrected chi connectivity index (χ4v) is 8.91. The van der Waals surface area contributed by atoms with Crippen molar-refractivity contribution in [1.29, 1.82) is 0 Å². The normalized spacial score (nSPS) is 13.0. The number of nitrogens with zero attached hydrogens (tertiary/aromatic N) is 4. The summed E-state index contributed by atoms with van der Waals surface area (Å²) in [6, 6.07) is 64.9. The van der Waals surface area contributed by atoms with Gasteiger partial charge in [-0.05, 0) is 62.9 Å².